The maximum Gasteiger partial charge on any atom is 1.00 e. The number of nitrogens with one attached hydrogen (secondary N) is 2. The number of carboxylic acid groups (broad SMARTS) is 1. The van der Waals surface area contributed by atoms with Crippen LogP contribution in [-0.2, 0) is 14.4 Å². The normalized spacial score (nSPS) is 16.0. The van der Waals surface area contributed by atoms with E-state index in [0.29, 0.717) is 17.0 Å². The molecule has 1 heterocycles. The van der Waals surface area contributed by atoms with E-state index in [9.17, 15) is 24.3 Å². The number of hydrogen-bond acceptors (Lipinski definition) is 5. The molecule has 1 aliphatic heterocycles. The molecule has 0 aliphatic carbocycles. The van der Waals surface area contributed by atoms with Crippen molar-refractivity contribution in [1.82, 2.24) is 15.5 Å². The molecule has 0 saturated carbocycles. The summed E-state index contributed by atoms with van der Waals surface area (Å²) in [6.07, 6.45) is 0.863. The number of allylic oxidation sites excluding steroid dienone is 1. The second-order valence-electron chi connectivity index (χ2n) is 8.49. The summed E-state index contributed by atoms with van der Waals surface area (Å²) in [6.45, 7) is 5.44. The third-order valence-electron chi connectivity index (χ3n) is 6.17. The summed E-state index contributed by atoms with van der Waals surface area (Å²) in [6, 6.07) is 8.15. The van der Waals surface area contributed by atoms with E-state index in [0.717, 1.165) is 22.3 Å². The van der Waals surface area contributed by atoms with Crippen LogP contribution in [0.5, 0.6) is 5.75 Å². The molecule has 9 nitrogen and oxygen atoms in total. The van der Waals surface area contributed by atoms with Crippen molar-refractivity contribution in [3.8, 4) is 16.9 Å². The number of aryl methyl sites for hydroxylation is 1. The summed E-state index contributed by atoms with van der Waals surface area (Å²) in [5.74, 6) is -1.74. The van der Waals surface area contributed by atoms with Crippen LogP contribution in [-0.4, -0.2) is 53.9 Å². The third-order valence-corrected chi connectivity index (χ3v) is 6.17. The average Bonchev–Trinajstić information content (AvgIpc) is 2.80. The molecule has 3 rings (SSSR count). The first-order valence-corrected chi connectivity index (χ1v) is 11.1. The van der Waals surface area contributed by atoms with Crippen molar-refractivity contribution in [2.45, 2.75) is 39.3 Å². The Bertz CT molecular complexity index is 1230. The number of nitrogens with zero attached hydrogens (tertiary/aromatic N) is 1. The molecule has 2 aromatic rings. The summed E-state index contributed by atoms with van der Waals surface area (Å²) >= 11 is 0. The van der Waals surface area contributed by atoms with Crippen molar-refractivity contribution in [3.05, 3.63) is 64.9 Å². The molecular formula is C26H30N3NaO6. The zero-order valence-electron chi connectivity index (χ0n) is 22.3. The Morgan fingerprint density at radius 1 is 1.14 bits per heavy atom. The zero-order chi connectivity index (χ0) is 25.9. The summed E-state index contributed by atoms with van der Waals surface area (Å²) in [5.41, 5.74) is 4.61. The van der Waals surface area contributed by atoms with Gasteiger partial charge in [0.2, 0.25) is 0 Å². The van der Waals surface area contributed by atoms with Gasteiger partial charge in [0.05, 0.1) is 19.6 Å². The summed E-state index contributed by atoms with van der Waals surface area (Å²) in [4.78, 5) is 50.6. The quantitative estimate of drug-likeness (QED) is 0.367. The number of urea groups is 1. The van der Waals surface area contributed by atoms with Gasteiger partial charge in [-0.3, -0.25) is 14.4 Å². The third kappa shape index (κ3) is 6.34. The Hall–Kier alpha value is -3.14. The van der Waals surface area contributed by atoms with Gasteiger partial charge in [-0.25, -0.2) is 4.79 Å². The van der Waals surface area contributed by atoms with E-state index in [2.05, 4.69) is 10.6 Å². The first-order chi connectivity index (χ1) is 16.5. The Balaban J connectivity index is 0.00000342. The standard InChI is InChI=1S/C26H29N3O6.Na.H/c1-14-8-6-7-9-18(14)19-11-17(35-5)12-20(16(19)3)21(13-23(31)32)27-26(34)28-24-22(30)10-15(2)29(4)25(24)33;;/h6-12,21,24H,13H2,1-5H3,(H,31,32)(H2,27,28,34);;/q;+1;-1/t21-,24?;;/m0../s1. The van der Waals surface area contributed by atoms with E-state index >= 15 is 0 Å². The van der Waals surface area contributed by atoms with Gasteiger partial charge in [0, 0.05) is 18.8 Å². The molecule has 36 heavy (non-hydrogen) atoms. The molecule has 0 spiro atoms. The molecule has 1 unspecified atom stereocenters. The number of rotatable bonds is 7. The predicted octanol–water partition coefficient (Wildman–Crippen LogP) is 0.224. The second kappa shape index (κ2) is 12.2. The van der Waals surface area contributed by atoms with Crippen LogP contribution in [0.2, 0.25) is 0 Å². The molecule has 0 fully saturated rings. The molecule has 2 aromatic carbocycles. The SMILES string of the molecule is COc1cc(-c2ccccc2C)c(C)c([C@H](CC(=O)O)NC(=O)NC2C(=O)C=C(C)N(C)C2=O)c1.[H-].[Na+]. The maximum atomic E-state index is 12.8. The van der Waals surface area contributed by atoms with Gasteiger partial charge in [-0.1, -0.05) is 24.3 Å². The van der Waals surface area contributed by atoms with Gasteiger partial charge in [0.25, 0.3) is 5.91 Å². The number of ether oxygens (including phenoxy) is 1. The molecular weight excluding hydrogens is 473 g/mol. The minimum atomic E-state index is -1.39. The van der Waals surface area contributed by atoms with Gasteiger partial charge < -0.3 is 26.8 Å². The van der Waals surface area contributed by atoms with E-state index in [1.165, 1.54) is 25.1 Å². The first kappa shape index (κ1) is 29.1. The topological polar surface area (TPSA) is 125 Å². The van der Waals surface area contributed by atoms with Crippen LogP contribution in [0.15, 0.2) is 48.2 Å². The average molecular weight is 504 g/mol. The number of likely N-dealkylation sites (N-methyl/N-ethyl adjacent to an activating group) is 1. The Morgan fingerprint density at radius 2 is 1.81 bits per heavy atom. The fourth-order valence-electron chi connectivity index (χ4n) is 4.10. The van der Waals surface area contributed by atoms with Crippen LogP contribution in [0, 0.1) is 13.8 Å². The molecule has 2 atom stereocenters. The molecule has 0 saturated heterocycles. The van der Waals surface area contributed by atoms with Crippen molar-refractivity contribution in [1.29, 1.82) is 0 Å². The largest absolute Gasteiger partial charge is 1.00 e. The van der Waals surface area contributed by atoms with Gasteiger partial charge in [-0.05, 0) is 60.7 Å². The molecule has 1 aliphatic rings. The molecule has 10 heteroatoms. The number of ketones is 1. The molecule has 0 radical (unpaired) electrons. The van der Waals surface area contributed by atoms with Gasteiger partial charge in [0.15, 0.2) is 11.8 Å². The monoisotopic (exact) mass is 503 g/mol. The Morgan fingerprint density at radius 3 is 2.42 bits per heavy atom. The number of carbonyl (C=O) groups excluding carboxylic acids is 3. The van der Waals surface area contributed by atoms with E-state index < -0.39 is 42.2 Å². The first-order valence-electron chi connectivity index (χ1n) is 11.1. The van der Waals surface area contributed by atoms with Crippen molar-refractivity contribution in [2.75, 3.05) is 14.2 Å². The van der Waals surface area contributed by atoms with E-state index in [4.69, 9.17) is 4.74 Å². The predicted molar refractivity (Wildman–Crippen MR) is 131 cm³/mol. The van der Waals surface area contributed by atoms with Crippen LogP contribution >= 0.6 is 0 Å². The van der Waals surface area contributed by atoms with Gasteiger partial charge in [-0.2, -0.15) is 0 Å². The van der Waals surface area contributed by atoms with Gasteiger partial charge >= 0.3 is 41.6 Å². The summed E-state index contributed by atoms with van der Waals surface area (Å²) in [5, 5.41) is 14.6. The molecule has 0 bridgehead atoms. The fraction of sp³-hybridized carbons (Fsp3) is 0.308. The van der Waals surface area contributed by atoms with Crippen molar-refractivity contribution < 1.29 is 60.0 Å². The van der Waals surface area contributed by atoms with Crippen LogP contribution in [0.25, 0.3) is 11.1 Å². The molecule has 3 amide bonds. The Labute approximate surface area is 233 Å². The van der Waals surface area contributed by atoms with E-state index in [-0.39, 0.29) is 31.0 Å². The number of hydrogen-bond donors (Lipinski definition) is 3. The smallest absolute Gasteiger partial charge is 1.00 e. The number of amides is 3. The number of carbonyl (C=O) groups is 4. The number of aliphatic carboxylic acids is 1. The number of carboxylic acids is 1. The fourth-order valence-corrected chi connectivity index (χ4v) is 4.10. The van der Waals surface area contributed by atoms with Crippen LogP contribution in [0.4, 0.5) is 4.79 Å². The van der Waals surface area contributed by atoms with Gasteiger partial charge in [-0.15, -0.1) is 0 Å². The molecule has 3 N–H and O–H groups in total. The maximum absolute atomic E-state index is 12.8. The van der Waals surface area contributed by atoms with E-state index in [1.54, 1.807) is 13.0 Å². The zero-order valence-corrected chi connectivity index (χ0v) is 23.3. The summed E-state index contributed by atoms with van der Waals surface area (Å²) < 4.78 is 5.47. The second-order valence-corrected chi connectivity index (χ2v) is 8.49. The molecule has 0 aromatic heterocycles. The summed E-state index contributed by atoms with van der Waals surface area (Å²) in [7, 11) is 3.02. The molecule has 186 valence electrons. The number of methoxy groups -OCH3 is 1. The minimum absolute atomic E-state index is 0. The van der Waals surface area contributed by atoms with Crippen molar-refractivity contribution >= 4 is 23.7 Å². The van der Waals surface area contributed by atoms with Crippen molar-refractivity contribution in [3.63, 3.8) is 0 Å². The van der Waals surface area contributed by atoms with Gasteiger partial charge in [0.1, 0.15) is 5.75 Å². The minimum Gasteiger partial charge on any atom is -1.00 e. The van der Waals surface area contributed by atoms with Crippen LogP contribution in [0.1, 0.15) is 37.5 Å². The van der Waals surface area contributed by atoms with Crippen LogP contribution < -0.4 is 44.9 Å². The Kier molecular flexibility index (Phi) is 9.86. The van der Waals surface area contributed by atoms with Crippen LogP contribution in [0.3, 0.4) is 0 Å². The van der Waals surface area contributed by atoms with Crippen molar-refractivity contribution in [2.24, 2.45) is 0 Å². The number of benzene rings is 2. The van der Waals surface area contributed by atoms with E-state index in [1.807, 2.05) is 44.2 Å².